The molecule has 1 fully saturated rings. The van der Waals surface area contributed by atoms with Crippen molar-refractivity contribution >= 4 is 11.7 Å². The Kier molecular flexibility index (Phi) is 4.79. The van der Waals surface area contributed by atoms with Gasteiger partial charge in [0.1, 0.15) is 0 Å². The van der Waals surface area contributed by atoms with Gasteiger partial charge in [-0.15, -0.1) is 0 Å². The highest BCUT2D eigenvalue weighted by molar-refractivity contribution is 5.87. The molecule has 0 aromatic rings. The van der Waals surface area contributed by atoms with Crippen LogP contribution in [0.15, 0.2) is 0 Å². The van der Waals surface area contributed by atoms with Crippen LogP contribution in [0.25, 0.3) is 0 Å². The minimum atomic E-state index is 0.165. The normalized spacial score (nSPS) is 21.1. The second-order valence-corrected chi connectivity index (χ2v) is 4.42. The molecule has 1 unspecified atom stereocenters. The molecule has 15 heavy (non-hydrogen) atoms. The lowest BCUT2D eigenvalue weighted by molar-refractivity contribution is -0.132. The van der Waals surface area contributed by atoms with E-state index in [0.717, 1.165) is 25.8 Å². The molecule has 1 atom stereocenters. The Balaban J connectivity index is 2.37. The Bertz CT molecular complexity index is 238. The first-order valence-electron chi connectivity index (χ1n) is 5.96. The summed E-state index contributed by atoms with van der Waals surface area (Å²) in [7, 11) is 0. The first kappa shape index (κ1) is 12.2. The number of ketones is 1. The second kappa shape index (κ2) is 5.89. The van der Waals surface area contributed by atoms with Crippen molar-refractivity contribution in [2.24, 2.45) is 5.92 Å². The highest BCUT2D eigenvalue weighted by atomic mass is 16.2. The summed E-state index contributed by atoms with van der Waals surface area (Å²) in [4.78, 5) is 24.7. The molecule has 1 amide bonds. The predicted octanol–water partition coefficient (Wildman–Crippen LogP) is 2.00. The van der Waals surface area contributed by atoms with Gasteiger partial charge in [-0.05, 0) is 18.8 Å². The monoisotopic (exact) mass is 211 g/mol. The second-order valence-electron chi connectivity index (χ2n) is 4.42. The zero-order chi connectivity index (χ0) is 11.3. The van der Waals surface area contributed by atoms with Crippen LogP contribution >= 0.6 is 0 Å². The van der Waals surface area contributed by atoms with Crippen molar-refractivity contribution in [1.82, 2.24) is 4.90 Å². The molecule has 0 saturated carbocycles. The van der Waals surface area contributed by atoms with E-state index in [-0.39, 0.29) is 11.7 Å². The van der Waals surface area contributed by atoms with E-state index in [1.165, 1.54) is 0 Å². The van der Waals surface area contributed by atoms with Crippen LogP contribution in [0.2, 0.25) is 0 Å². The highest BCUT2D eigenvalue weighted by Crippen LogP contribution is 2.21. The summed E-state index contributed by atoms with van der Waals surface area (Å²) in [5.41, 5.74) is 0. The third-order valence-corrected chi connectivity index (χ3v) is 2.89. The smallest absolute Gasteiger partial charge is 0.223 e. The van der Waals surface area contributed by atoms with Gasteiger partial charge in [0.2, 0.25) is 5.91 Å². The molecule has 1 heterocycles. The maximum atomic E-state index is 11.6. The molecule has 3 heteroatoms. The molecule has 0 aromatic carbocycles. The van der Waals surface area contributed by atoms with Gasteiger partial charge in [-0.1, -0.05) is 20.3 Å². The standard InChI is InChI=1S/C12H21NO2/c1-3-5-10-7-12(15)13(8-10)9-11(14)6-4-2/h10H,3-9H2,1-2H3. The molecule has 86 valence electrons. The van der Waals surface area contributed by atoms with E-state index in [1.807, 2.05) is 6.92 Å². The van der Waals surface area contributed by atoms with E-state index in [4.69, 9.17) is 0 Å². The lowest BCUT2D eigenvalue weighted by Gasteiger charge is -2.15. The number of hydrogen-bond donors (Lipinski definition) is 0. The van der Waals surface area contributed by atoms with Crippen molar-refractivity contribution in [3.05, 3.63) is 0 Å². The average Bonchev–Trinajstić information content (AvgIpc) is 2.48. The SMILES string of the molecule is CCCC(=O)CN1CC(CCC)CC1=O. The van der Waals surface area contributed by atoms with Crippen LogP contribution in [-0.4, -0.2) is 29.7 Å². The van der Waals surface area contributed by atoms with Crippen LogP contribution in [0.4, 0.5) is 0 Å². The minimum absolute atomic E-state index is 0.165. The molecule has 1 aliphatic heterocycles. The van der Waals surface area contributed by atoms with Crippen molar-refractivity contribution in [3.63, 3.8) is 0 Å². The summed E-state index contributed by atoms with van der Waals surface area (Å²) in [6, 6.07) is 0. The Morgan fingerprint density at radius 2 is 2.13 bits per heavy atom. The number of hydrogen-bond acceptors (Lipinski definition) is 2. The van der Waals surface area contributed by atoms with Gasteiger partial charge in [0.15, 0.2) is 5.78 Å². The summed E-state index contributed by atoms with van der Waals surface area (Å²) < 4.78 is 0. The van der Waals surface area contributed by atoms with E-state index >= 15 is 0 Å². The maximum Gasteiger partial charge on any atom is 0.223 e. The molecule has 0 N–H and O–H groups in total. The summed E-state index contributed by atoms with van der Waals surface area (Å²) in [6.07, 6.45) is 4.34. The van der Waals surface area contributed by atoms with Gasteiger partial charge in [-0.3, -0.25) is 9.59 Å². The summed E-state index contributed by atoms with van der Waals surface area (Å²) in [6.45, 7) is 5.26. The van der Waals surface area contributed by atoms with E-state index in [9.17, 15) is 9.59 Å². The van der Waals surface area contributed by atoms with Gasteiger partial charge < -0.3 is 4.90 Å². The summed E-state index contributed by atoms with van der Waals surface area (Å²) in [5, 5.41) is 0. The lowest BCUT2D eigenvalue weighted by Crippen LogP contribution is -2.31. The number of likely N-dealkylation sites (tertiary alicyclic amines) is 1. The Labute approximate surface area is 91.8 Å². The van der Waals surface area contributed by atoms with Crippen LogP contribution in [0.3, 0.4) is 0 Å². The largest absolute Gasteiger partial charge is 0.335 e. The van der Waals surface area contributed by atoms with Crippen LogP contribution < -0.4 is 0 Å². The summed E-state index contributed by atoms with van der Waals surface area (Å²) >= 11 is 0. The topological polar surface area (TPSA) is 37.4 Å². The molecule has 0 aliphatic carbocycles. The minimum Gasteiger partial charge on any atom is -0.335 e. The van der Waals surface area contributed by atoms with Gasteiger partial charge in [-0.25, -0.2) is 0 Å². The van der Waals surface area contributed by atoms with Gasteiger partial charge in [-0.2, -0.15) is 0 Å². The maximum absolute atomic E-state index is 11.6. The van der Waals surface area contributed by atoms with E-state index in [2.05, 4.69) is 6.92 Å². The van der Waals surface area contributed by atoms with E-state index in [1.54, 1.807) is 4.90 Å². The van der Waals surface area contributed by atoms with Crippen LogP contribution in [0.1, 0.15) is 46.0 Å². The molecule has 0 bridgehead atoms. The molecule has 1 rings (SSSR count). The lowest BCUT2D eigenvalue weighted by atomic mass is 10.0. The summed E-state index contributed by atoms with van der Waals surface area (Å²) in [5.74, 6) is 0.845. The first-order chi connectivity index (χ1) is 7.17. The number of rotatable bonds is 6. The molecule has 1 saturated heterocycles. The fourth-order valence-corrected chi connectivity index (χ4v) is 2.18. The first-order valence-corrected chi connectivity index (χ1v) is 5.96. The molecule has 1 aliphatic rings. The zero-order valence-corrected chi connectivity index (χ0v) is 9.79. The van der Waals surface area contributed by atoms with Gasteiger partial charge >= 0.3 is 0 Å². The third-order valence-electron chi connectivity index (χ3n) is 2.89. The molecule has 3 nitrogen and oxygen atoms in total. The van der Waals surface area contributed by atoms with Crippen LogP contribution in [0, 0.1) is 5.92 Å². The van der Waals surface area contributed by atoms with Crippen molar-refractivity contribution in [2.75, 3.05) is 13.1 Å². The fourth-order valence-electron chi connectivity index (χ4n) is 2.18. The number of carbonyl (C=O) groups excluding carboxylic acids is 2. The quantitative estimate of drug-likeness (QED) is 0.674. The zero-order valence-electron chi connectivity index (χ0n) is 9.79. The van der Waals surface area contributed by atoms with Crippen molar-refractivity contribution in [3.8, 4) is 0 Å². The molecule has 0 aromatic heterocycles. The average molecular weight is 211 g/mol. The third kappa shape index (κ3) is 3.65. The molecule has 0 spiro atoms. The van der Waals surface area contributed by atoms with Crippen molar-refractivity contribution < 1.29 is 9.59 Å². The Morgan fingerprint density at radius 3 is 2.73 bits per heavy atom. The van der Waals surface area contributed by atoms with Crippen molar-refractivity contribution in [2.45, 2.75) is 46.0 Å². The molecular formula is C12H21NO2. The van der Waals surface area contributed by atoms with Gasteiger partial charge in [0.25, 0.3) is 0 Å². The van der Waals surface area contributed by atoms with Gasteiger partial charge in [0, 0.05) is 19.4 Å². The number of Topliss-reactive ketones (excluding diaryl/α,β-unsaturated/α-hetero) is 1. The number of carbonyl (C=O) groups is 2. The number of amides is 1. The molecule has 0 radical (unpaired) electrons. The van der Waals surface area contributed by atoms with Crippen LogP contribution in [-0.2, 0) is 9.59 Å². The van der Waals surface area contributed by atoms with E-state index in [0.29, 0.717) is 25.3 Å². The molecular weight excluding hydrogens is 190 g/mol. The predicted molar refractivity (Wildman–Crippen MR) is 59.5 cm³/mol. The van der Waals surface area contributed by atoms with Crippen molar-refractivity contribution in [1.29, 1.82) is 0 Å². The fraction of sp³-hybridized carbons (Fsp3) is 0.833. The van der Waals surface area contributed by atoms with E-state index < -0.39 is 0 Å². The van der Waals surface area contributed by atoms with Gasteiger partial charge in [0.05, 0.1) is 6.54 Å². The highest BCUT2D eigenvalue weighted by Gasteiger charge is 2.29. The Morgan fingerprint density at radius 1 is 1.40 bits per heavy atom. The Hall–Kier alpha value is -0.860. The number of nitrogens with zero attached hydrogens (tertiary/aromatic N) is 1. The van der Waals surface area contributed by atoms with Crippen LogP contribution in [0.5, 0.6) is 0 Å².